The zero-order valence-corrected chi connectivity index (χ0v) is 18.8. The minimum Gasteiger partial charge on any atom is -0.383 e. The number of carbonyl (C=O) groups is 1. The van der Waals surface area contributed by atoms with Gasteiger partial charge in [-0.05, 0) is 68.8 Å². The lowest BCUT2D eigenvalue weighted by atomic mass is 10.1. The van der Waals surface area contributed by atoms with Gasteiger partial charge in [-0.3, -0.25) is 9.78 Å². The highest BCUT2D eigenvalue weighted by molar-refractivity contribution is 6.31. The Morgan fingerprint density at radius 1 is 1.09 bits per heavy atom. The Kier molecular flexibility index (Phi) is 6.01. The zero-order valence-electron chi connectivity index (χ0n) is 18.1. The summed E-state index contributed by atoms with van der Waals surface area (Å²) in [5, 5.41) is 1.44. The lowest BCUT2D eigenvalue weighted by molar-refractivity contribution is 0.0663. The Balaban J connectivity index is 1.74. The van der Waals surface area contributed by atoms with Crippen molar-refractivity contribution in [2.24, 2.45) is 0 Å². The molecular formula is C24H23ClN6O. The fraction of sp³-hybridized carbons (Fsp3) is 0.208. The van der Waals surface area contributed by atoms with Gasteiger partial charge in [0, 0.05) is 23.3 Å². The molecule has 0 aliphatic carbocycles. The maximum absolute atomic E-state index is 13.7. The van der Waals surface area contributed by atoms with Crippen molar-refractivity contribution >= 4 is 34.2 Å². The van der Waals surface area contributed by atoms with Crippen molar-refractivity contribution in [3.05, 3.63) is 88.2 Å². The molecule has 0 saturated carbocycles. The van der Waals surface area contributed by atoms with Gasteiger partial charge in [0.2, 0.25) is 0 Å². The predicted molar refractivity (Wildman–Crippen MR) is 125 cm³/mol. The first-order valence-corrected chi connectivity index (χ1v) is 10.6. The molecule has 0 unspecified atom stereocenters. The molecule has 32 heavy (non-hydrogen) atoms. The number of fused-ring (bicyclic) bond motifs is 1. The van der Waals surface area contributed by atoms with E-state index in [1.807, 2.05) is 45.0 Å². The van der Waals surface area contributed by atoms with Gasteiger partial charge in [-0.25, -0.2) is 15.0 Å². The van der Waals surface area contributed by atoms with E-state index in [9.17, 15) is 4.79 Å². The third-order valence-electron chi connectivity index (χ3n) is 5.39. The standard InChI is InChI=1S/C24H23ClN6O/c1-14-11-18-12-17(5-8-21(18)30-22(14)26)24(32)31(16(3)23-27-9-4-10-28-23)13-19-6-7-20(25)15(2)29-19/h4-12,16H,13H2,1-3H3,(H2,26,30)/t16-/m1/s1. The van der Waals surface area contributed by atoms with Crippen LogP contribution < -0.4 is 5.73 Å². The summed E-state index contributed by atoms with van der Waals surface area (Å²) in [6, 6.07) is 12.3. The van der Waals surface area contributed by atoms with Gasteiger partial charge in [0.25, 0.3) is 5.91 Å². The number of benzene rings is 1. The van der Waals surface area contributed by atoms with Crippen molar-refractivity contribution < 1.29 is 4.79 Å². The Bertz CT molecular complexity index is 1290. The van der Waals surface area contributed by atoms with E-state index < -0.39 is 0 Å². The van der Waals surface area contributed by atoms with Gasteiger partial charge >= 0.3 is 0 Å². The molecule has 0 aliphatic rings. The van der Waals surface area contributed by atoms with Crippen LogP contribution in [0.2, 0.25) is 5.02 Å². The SMILES string of the molecule is Cc1cc2cc(C(=O)N(Cc3ccc(Cl)c(C)n3)[C@H](C)c3ncccn3)ccc2nc1N. The summed E-state index contributed by atoms with van der Waals surface area (Å²) in [7, 11) is 0. The summed E-state index contributed by atoms with van der Waals surface area (Å²) in [6.45, 7) is 5.93. The molecule has 3 aromatic heterocycles. The second-order valence-corrected chi connectivity index (χ2v) is 8.09. The fourth-order valence-corrected chi connectivity index (χ4v) is 3.61. The molecule has 0 spiro atoms. The number of nitrogen functional groups attached to an aromatic ring is 1. The van der Waals surface area contributed by atoms with Crippen LogP contribution in [0.4, 0.5) is 5.82 Å². The number of nitrogens with two attached hydrogens (primary N) is 1. The number of halogens is 1. The third kappa shape index (κ3) is 4.38. The smallest absolute Gasteiger partial charge is 0.254 e. The summed E-state index contributed by atoms with van der Waals surface area (Å²) in [5.74, 6) is 0.880. The van der Waals surface area contributed by atoms with Crippen LogP contribution in [0.25, 0.3) is 10.9 Å². The third-order valence-corrected chi connectivity index (χ3v) is 5.79. The summed E-state index contributed by atoms with van der Waals surface area (Å²) in [4.78, 5) is 33.0. The monoisotopic (exact) mass is 446 g/mol. The maximum Gasteiger partial charge on any atom is 0.254 e. The highest BCUT2D eigenvalue weighted by atomic mass is 35.5. The van der Waals surface area contributed by atoms with Gasteiger partial charge in [-0.15, -0.1) is 0 Å². The fourth-order valence-electron chi connectivity index (χ4n) is 3.50. The molecular weight excluding hydrogens is 424 g/mol. The number of rotatable bonds is 5. The molecule has 0 aliphatic heterocycles. The van der Waals surface area contributed by atoms with Crippen LogP contribution in [0.15, 0.2) is 54.9 Å². The van der Waals surface area contributed by atoms with Crippen molar-refractivity contribution in [3.63, 3.8) is 0 Å². The molecule has 0 bridgehead atoms. The molecule has 2 N–H and O–H groups in total. The number of hydrogen-bond acceptors (Lipinski definition) is 6. The highest BCUT2D eigenvalue weighted by Crippen LogP contribution is 2.25. The van der Waals surface area contributed by atoms with Gasteiger partial charge in [-0.1, -0.05) is 11.6 Å². The predicted octanol–water partition coefficient (Wildman–Crippen LogP) is 4.68. The normalized spacial score (nSPS) is 12.0. The Hall–Kier alpha value is -3.58. The van der Waals surface area contributed by atoms with E-state index in [4.69, 9.17) is 17.3 Å². The van der Waals surface area contributed by atoms with Crippen molar-refractivity contribution in [1.29, 1.82) is 0 Å². The average Bonchev–Trinajstić information content (AvgIpc) is 2.80. The van der Waals surface area contributed by atoms with E-state index in [1.54, 1.807) is 35.5 Å². The first-order valence-electron chi connectivity index (χ1n) is 10.2. The molecule has 0 radical (unpaired) electrons. The van der Waals surface area contributed by atoms with E-state index in [0.29, 0.717) is 27.9 Å². The van der Waals surface area contributed by atoms with E-state index in [2.05, 4.69) is 19.9 Å². The van der Waals surface area contributed by atoms with Crippen LogP contribution in [0.1, 0.15) is 46.1 Å². The molecule has 1 aromatic carbocycles. The summed E-state index contributed by atoms with van der Waals surface area (Å²) in [6.07, 6.45) is 3.34. The number of amides is 1. The first-order chi connectivity index (χ1) is 15.3. The first kappa shape index (κ1) is 21.6. The van der Waals surface area contributed by atoms with Gasteiger partial charge in [0.1, 0.15) is 11.6 Å². The van der Waals surface area contributed by atoms with Crippen LogP contribution in [0.5, 0.6) is 0 Å². The molecule has 7 nitrogen and oxygen atoms in total. The van der Waals surface area contributed by atoms with Crippen molar-refractivity contribution in [2.75, 3.05) is 5.73 Å². The number of hydrogen-bond donors (Lipinski definition) is 1. The number of aryl methyl sites for hydroxylation is 2. The van der Waals surface area contributed by atoms with E-state index in [-0.39, 0.29) is 18.5 Å². The van der Waals surface area contributed by atoms with Gasteiger partial charge in [-0.2, -0.15) is 0 Å². The van der Waals surface area contributed by atoms with Crippen molar-refractivity contribution in [3.8, 4) is 0 Å². The minimum absolute atomic E-state index is 0.157. The lowest BCUT2D eigenvalue weighted by Gasteiger charge is -2.28. The van der Waals surface area contributed by atoms with Crippen LogP contribution in [0.3, 0.4) is 0 Å². The van der Waals surface area contributed by atoms with Crippen molar-refractivity contribution in [2.45, 2.75) is 33.4 Å². The Morgan fingerprint density at radius 2 is 1.84 bits per heavy atom. The zero-order chi connectivity index (χ0) is 22.8. The van der Waals surface area contributed by atoms with Crippen LogP contribution in [-0.2, 0) is 6.54 Å². The second-order valence-electron chi connectivity index (χ2n) is 7.68. The Labute approximate surface area is 191 Å². The molecule has 0 saturated heterocycles. The van der Waals surface area contributed by atoms with E-state index in [1.165, 1.54) is 0 Å². The number of pyridine rings is 2. The lowest BCUT2D eigenvalue weighted by Crippen LogP contribution is -2.34. The van der Waals surface area contributed by atoms with Gasteiger partial charge in [0.15, 0.2) is 0 Å². The van der Waals surface area contributed by atoms with Crippen LogP contribution >= 0.6 is 11.6 Å². The molecule has 1 atom stereocenters. The van der Waals surface area contributed by atoms with E-state index in [0.717, 1.165) is 22.2 Å². The largest absolute Gasteiger partial charge is 0.383 e. The number of anilines is 1. The summed E-state index contributed by atoms with van der Waals surface area (Å²) in [5.41, 5.74) is 9.52. The second kappa shape index (κ2) is 8.88. The number of carbonyl (C=O) groups excluding carboxylic acids is 1. The summed E-state index contributed by atoms with van der Waals surface area (Å²) >= 11 is 6.14. The van der Waals surface area contributed by atoms with E-state index >= 15 is 0 Å². The molecule has 8 heteroatoms. The molecule has 4 aromatic rings. The molecule has 3 heterocycles. The van der Waals surface area contributed by atoms with Crippen LogP contribution in [-0.4, -0.2) is 30.7 Å². The average molecular weight is 447 g/mol. The Morgan fingerprint density at radius 3 is 2.56 bits per heavy atom. The molecule has 0 fully saturated rings. The van der Waals surface area contributed by atoms with Gasteiger partial charge < -0.3 is 10.6 Å². The summed E-state index contributed by atoms with van der Waals surface area (Å²) < 4.78 is 0. The number of nitrogens with zero attached hydrogens (tertiary/aromatic N) is 5. The number of aromatic nitrogens is 4. The topological polar surface area (TPSA) is 97.9 Å². The molecule has 4 rings (SSSR count). The maximum atomic E-state index is 13.7. The van der Waals surface area contributed by atoms with Crippen LogP contribution in [0, 0.1) is 13.8 Å². The molecule has 162 valence electrons. The quantitative estimate of drug-likeness (QED) is 0.478. The molecule has 1 amide bonds. The minimum atomic E-state index is -0.372. The van der Waals surface area contributed by atoms with Gasteiger partial charge in [0.05, 0.1) is 34.5 Å². The van der Waals surface area contributed by atoms with Crippen molar-refractivity contribution in [1.82, 2.24) is 24.8 Å². The highest BCUT2D eigenvalue weighted by Gasteiger charge is 2.26.